The fourth-order valence-electron chi connectivity index (χ4n) is 1.59. The molecule has 18 heavy (non-hydrogen) atoms. The minimum Gasteiger partial charge on any atom is -0.481 e. The van der Waals surface area contributed by atoms with Crippen LogP contribution in [0.5, 0.6) is 0 Å². The Kier molecular flexibility index (Phi) is 3.08. The van der Waals surface area contributed by atoms with Gasteiger partial charge in [0.15, 0.2) is 5.58 Å². The molecule has 1 N–H and O–H groups in total. The van der Waals surface area contributed by atoms with Crippen LogP contribution in [0.15, 0.2) is 21.3 Å². The summed E-state index contributed by atoms with van der Waals surface area (Å²) in [6.07, 6.45) is -0.202. The van der Waals surface area contributed by atoms with Gasteiger partial charge in [-0.05, 0) is 6.07 Å². The number of benzene rings is 1. The quantitative estimate of drug-likeness (QED) is 0.910. The summed E-state index contributed by atoms with van der Waals surface area (Å²) >= 11 is 5.85. The van der Waals surface area contributed by atoms with Crippen molar-refractivity contribution in [2.24, 2.45) is 0 Å². The minimum absolute atomic E-state index is 0.0105. The van der Waals surface area contributed by atoms with Gasteiger partial charge < -0.3 is 9.52 Å². The highest BCUT2D eigenvalue weighted by Gasteiger charge is 2.13. The molecule has 2 rings (SSSR count). The number of aromatic nitrogens is 1. The lowest BCUT2D eigenvalue weighted by atomic mass is 10.2. The molecule has 0 fully saturated rings. The number of rotatable bonds is 3. The minimum atomic E-state index is -1.02. The maximum absolute atomic E-state index is 11.5. The van der Waals surface area contributed by atoms with Gasteiger partial charge in [-0.15, -0.1) is 0 Å². The largest absolute Gasteiger partial charge is 0.481 e. The van der Waals surface area contributed by atoms with Gasteiger partial charge in [0, 0.05) is 12.6 Å². The summed E-state index contributed by atoms with van der Waals surface area (Å²) in [5.74, 6) is -1.69. The molecule has 0 aliphatic carbocycles. The summed E-state index contributed by atoms with van der Waals surface area (Å²) in [6, 6.07) is 4.65. The zero-order chi connectivity index (χ0) is 13.3. The van der Waals surface area contributed by atoms with Crippen LogP contribution in [-0.2, 0) is 11.3 Å². The Morgan fingerprint density at radius 1 is 1.56 bits per heavy atom. The lowest BCUT2D eigenvalue weighted by Crippen LogP contribution is -2.16. The number of oxazole rings is 1. The van der Waals surface area contributed by atoms with Gasteiger partial charge in [0.2, 0.25) is 0 Å². The number of halogens is 1. The molecule has 0 radical (unpaired) electrons. The molecule has 1 aromatic carbocycles. The Balaban J connectivity index is 2.58. The Morgan fingerprint density at radius 3 is 2.89 bits per heavy atom. The van der Waals surface area contributed by atoms with Crippen molar-refractivity contribution in [1.82, 2.24) is 4.57 Å². The third kappa shape index (κ3) is 2.08. The van der Waals surface area contributed by atoms with Crippen molar-refractivity contribution < 1.29 is 14.3 Å². The van der Waals surface area contributed by atoms with Crippen molar-refractivity contribution in [3.8, 4) is 6.07 Å². The lowest BCUT2D eigenvalue weighted by Gasteiger charge is -2.00. The number of aliphatic carboxylic acids is 1. The third-order valence-corrected chi connectivity index (χ3v) is 2.74. The van der Waals surface area contributed by atoms with Crippen LogP contribution < -0.4 is 5.76 Å². The molecular weight excluding hydrogens is 260 g/mol. The zero-order valence-corrected chi connectivity index (χ0v) is 9.77. The summed E-state index contributed by atoms with van der Waals surface area (Å²) in [5, 5.41) is 17.6. The fourth-order valence-corrected chi connectivity index (χ4v) is 1.79. The molecule has 7 heteroatoms. The van der Waals surface area contributed by atoms with E-state index in [2.05, 4.69) is 0 Å². The molecule has 2 aromatic rings. The fraction of sp³-hybridized carbons (Fsp3) is 0.182. The number of nitriles is 1. The van der Waals surface area contributed by atoms with Gasteiger partial charge >= 0.3 is 11.7 Å². The Bertz CT molecular complexity index is 723. The van der Waals surface area contributed by atoms with Gasteiger partial charge in [-0.25, -0.2) is 4.79 Å². The number of nitrogens with zero attached hydrogens (tertiary/aromatic N) is 2. The number of hydrogen-bond acceptors (Lipinski definition) is 4. The van der Waals surface area contributed by atoms with Crippen LogP contribution in [-0.4, -0.2) is 15.6 Å². The normalized spacial score (nSPS) is 10.4. The molecule has 1 aromatic heterocycles. The van der Waals surface area contributed by atoms with E-state index in [0.717, 1.165) is 0 Å². The molecule has 92 valence electrons. The molecule has 1 heterocycles. The SMILES string of the molecule is N#Cc1cc2oc(=O)n(CCC(=O)O)c2cc1Cl. The smallest absolute Gasteiger partial charge is 0.419 e. The van der Waals surface area contributed by atoms with Crippen LogP contribution in [0.3, 0.4) is 0 Å². The number of hydrogen-bond donors (Lipinski definition) is 1. The molecule has 0 amide bonds. The van der Waals surface area contributed by atoms with Crippen molar-refractivity contribution in [1.29, 1.82) is 5.26 Å². The summed E-state index contributed by atoms with van der Waals surface area (Å²) < 4.78 is 6.11. The van der Waals surface area contributed by atoms with Gasteiger partial charge in [-0.1, -0.05) is 11.6 Å². The van der Waals surface area contributed by atoms with Crippen molar-refractivity contribution in [3.05, 3.63) is 33.3 Å². The standard InChI is InChI=1S/C11H7ClN2O4/c12-7-4-8-9(3-6(7)5-13)18-11(17)14(8)2-1-10(15)16/h3-4H,1-2H2,(H,15,16). The summed E-state index contributed by atoms with van der Waals surface area (Å²) in [5.41, 5.74) is 0.792. The molecule has 0 saturated carbocycles. The second-order valence-electron chi connectivity index (χ2n) is 3.57. The van der Waals surface area contributed by atoms with Crippen LogP contribution >= 0.6 is 11.6 Å². The van der Waals surface area contributed by atoms with E-state index in [1.165, 1.54) is 16.7 Å². The highest BCUT2D eigenvalue weighted by Crippen LogP contribution is 2.23. The summed E-state index contributed by atoms with van der Waals surface area (Å²) in [6.45, 7) is -0.0105. The first-order valence-corrected chi connectivity index (χ1v) is 5.35. The number of carboxylic acid groups (broad SMARTS) is 1. The predicted octanol–water partition coefficient (Wildman–Crippen LogP) is 1.59. The number of carboxylic acids is 1. The molecule has 6 nitrogen and oxygen atoms in total. The molecule has 0 bridgehead atoms. The molecule has 0 saturated heterocycles. The van der Waals surface area contributed by atoms with E-state index in [0.29, 0.717) is 5.52 Å². The first kappa shape index (κ1) is 12.2. The van der Waals surface area contributed by atoms with E-state index >= 15 is 0 Å². The molecule has 0 spiro atoms. The first-order valence-electron chi connectivity index (χ1n) is 4.97. The van der Waals surface area contributed by atoms with E-state index in [-0.39, 0.29) is 29.1 Å². The Labute approximate surface area is 106 Å². The van der Waals surface area contributed by atoms with E-state index < -0.39 is 11.7 Å². The average molecular weight is 267 g/mol. The average Bonchev–Trinajstić information content (AvgIpc) is 2.60. The molecule has 0 unspecified atom stereocenters. The zero-order valence-electron chi connectivity index (χ0n) is 9.01. The van der Waals surface area contributed by atoms with Crippen molar-refractivity contribution >= 4 is 28.7 Å². The Hall–Kier alpha value is -2.26. The van der Waals surface area contributed by atoms with Gasteiger partial charge in [0.25, 0.3) is 0 Å². The highest BCUT2D eigenvalue weighted by atomic mass is 35.5. The van der Waals surface area contributed by atoms with Crippen molar-refractivity contribution in [2.45, 2.75) is 13.0 Å². The van der Waals surface area contributed by atoms with Gasteiger partial charge in [0.1, 0.15) is 6.07 Å². The number of fused-ring (bicyclic) bond motifs is 1. The van der Waals surface area contributed by atoms with Gasteiger partial charge in [-0.3, -0.25) is 9.36 Å². The van der Waals surface area contributed by atoms with Crippen LogP contribution in [0.2, 0.25) is 5.02 Å². The van der Waals surface area contributed by atoms with E-state index in [4.69, 9.17) is 26.4 Å². The third-order valence-electron chi connectivity index (χ3n) is 2.43. The molecule has 0 atom stereocenters. The van der Waals surface area contributed by atoms with Crippen LogP contribution in [0.1, 0.15) is 12.0 Å². The van der Waals surface area contributed by atoms with E-state index in [9.17, 15) is 9.59 Å². The highest BCUT2D eigenvalue weighted by molar-refractivity contribution is 6.32. The maximum Gasteiger partial charge on any atom is 0.419 e. The Morgan fingerprint density at radius 2 is 2.28 bits per heavy atom. The number of carbonyl (C=O) groups is 1. The van der Waals surface area contributed by atoms with Crippen molar-refractivity contribution in [3.63, 3.8) is 0 Å². The molecular formula is C11H7ClN2O4. The predicted molar refractivity (Wildman–Crippen MR) is 62.5 cm³/mol. The topological polar surface area (TPSA) is 96.2 Å². The maximum atomic E-state index is 11.5. The second kappa shape index (κ2) is 4.55. The molecule has 0 aliphatic heterocycles. The van der Waals surface area contributed by atoms with E-state index in [1.807, 2.05) is 6.07 Å². The van der Waals surface area contributed by atoms with Crippen LogP contribution in [0.25, 0.3) is 11.1 Å². The van der Waals surface area contributed by atoms with Gasteiger partial charge in [-0.2, -0.15) is 5.26 Å². The van der Waals surface area contributed by atoms with Crippen LogP contribution in [0.4, 0.5) is 0 Å². The second-order valence-corrected chi connectivity index (χ2v) is 3.98. The van der Waals surface area contributed by atoms with E-state index in [1.54, 1.807) is 0 Å². The lowest BCUT2D eigenvalue weighted by molar-refractivity contribution is -0.137. The molecule has 0 aliphatic rings. The van der Waals surface area contributed by atoms with Gasteiger partial charge in [0.05, 0.1) is 22.5 Å². The number of aryl methyl sites for hydroxylation is 1. The van der Waals surface area contributed by atoms with Crippen molar-refractivity contribution in [2.75, 3.05) is 0 Å². The first-order chi connectivity index (χ1) is 8.52. The van der Waals surface area contributed by atoms with Crippen LogP contribution in [0, 0.1) is 11.3 Å². The monoisotopic (exact) mass is 266 g/mol. The summed E-state index contributed by atoms with van der Waals surface area (Å²) in [7, 11) is 0. The summed E-state index contributed by atoms with van der Waals surface area (Å²) in [4.78, 5) is 22.0.